The highest BCUT2D eigenvalue weighted by Gasteiger charge is 2.00. The fraction of sp³-hybridized carbons (Fsp3) is 0.500. The predicted octanol–water partition coefficient (Wildman–Crippen LogP) is 2.67. The van der Waals surface area contributed by atoms with Gasteiger partial charge >= 0.3 is 0 Å². The molecule has 4 nitrogen and oxygen atoms in total. The lowest BCUT2D eigenvalue weighted by Crippen LogP contribution is -2.38. The number of nitrogens with zero attached hydrogens (tertiary/aromatic N) is 2. The highest BCUT2D eigenvalue weighted by Crippen LogP contribution is 2.04. The van der Waals surface area contributed by atoms with Gasteiger partial charge < -0.3 is 10.6 Å². The van der Waals surface area contributed by atoms with Crippen molar-refractivity contribution in [2.75, 3.05) is 13.6 Å². The molecule has 1 heterocycles. The average Bonchev–Trinajstić information content (AvgIpc) is 2.31. The second-order valence-corrected chi connectivity index (χ2v) is 4.58. The molecule has 0 atom stereocenters. The molecule has 2 N–H and O–H groups in total. The van der Waals surface area contributed by atoms with Crippen molar-refractivity contribution >= 4 is 41.5 Å². The number of aromatic nitrogens is 1. The molecular weight excluding hydrogens is 363 g/mol. The molecule has 1 aromatic heterocycles. The summed E-state index contributed by atoms with van der Waals surface area (Å²) in [5.41, 5.74) is 1.07. The number of pyridine rings is 1. The number of halogens is 2. The van der Waals surface area contributed by atoms with E-state index in [9.17, 15) is 0 Å². The van der Waals surface area contributed by atoms with Gasteiger partial charge in [0.1, 0.15) is 5.15 Å². The fourth-order valence-electron chi connectivity index (χ4n) is 1.22. The van der Waals surface area contributed by atoms with Crippen LogP contribution >= 0.6 is 35.6 Å². The van der Waals surface area contributed by atoms with E-state index in [-0.39, 0.29) is 24.0 Å². The maximum absolute atomic E-state index is 5.72. The van der Waals surface area contributed by atoms with Crippen LogP contribution in [0.4, 0.5) is 0 Å². The number of nitrogens with one attached hydrogen (secondary N) is 2. The van der Waals surface area contributed by atoms with E-state index < -0.39 is 0 Å². The average molecular weight is 383 g/mol. The van der Waals surface area contributed by atoms with Crippen molar-refractivity contribution < 1.29 is 0 Å². The number of aliphatic imine (C=N–C) groups is 1. The highest BCUT2D eigenvalue weighted by atomic mass is 127. The first-order chi connectivity index (χ1) is 8.11. The standard InChI is InChI=1S/C12H19ClN4.HI/c1-9(2)6-16-12(14-3)17-8-10-4-5-11(13)15-7-10;/h4-5,7,9H,6,8H2,1-3H3,(H2,14,16,17);1H. The van der Waals surface area contributed by atoms with Crippen molar-refractivity contribution in [1.29, 1.82) is 0 Å². The van der Waals surface area contributed by atoms with Gasteiger partial charge in [0.15, 0.2) is 5.96 Å². The van der Waals surface area contributed by atoms with Gasteiger partial charge in [-0.25, -0.2) is 4.98 Å². The Kier molecular flexibility index (Phi) is 9.09. The first-order valence-corrected chi connectivity index (χ1v) is 6.04. The molecule has 0 aliphatic rings. The summed E-state index contributed by atoms with van der Waals surface area (Å²) in [7, 11) is 1.76. The summed E-state index contributed by atoms with van der Waals surface area (Å²) < 4.78 is 0. The summed E-state index contributed by atoms with van der Waals surface area (Å²) >= 11 is 5.72. The number of hydrogen-bond donors (Lipinski definition) is 2. The topological polar surface area (TPSA) is 49.3 Å². The van der Waals surface area contributed by atoms with Gasteiger partial charge in [0, 0.05) is 26.3 Å². The van der Waals surface area contributed by atoms with E-state index in [1.165, 1.54) is 0 Å². The minimum Gasteiger partial charge on any atom is -0.356 e. The van der Waals surface area contributed by atoms with Gasteiger partial charge in [0.2, 0.25) is 0 Å². The van der Waals surface area contributed by atoms with Crippen LogP contribution in [0.5, 0.6) is 0 Å². The van der Waals surface area contributed by atoms with Crippen LogP contribution in [-0.4, -0.2) is 24.5 Å². The van der Waals surface area contributed by atoms with Crippen molar-refractivity contribution in [1.82, 2.24) is 15.6 Å². The molecule has 6 heteroatoms. The maximum Gasteiger partial charge on any atom is 0.191 e. The normalized spacial score (nSPS) is 11.1. The molecule has 0 amide bonds. The van der Waals surface area contributed by atoms with Crippen LogP contribution in [0.2, 0.25) is 5.15 Å². The van der Waals surface area contributed by atoms with Crippen LogP contribution in [-0.2, 0) is 6.54 Å². The van der Waals surface area contributed by atoms with Crippen LogP contribution in [0.15, 0.2) is 23.3 Å². The van der Waals surface area contributed by atoms with Crippen LogP contribution in [0.25, 0.3) is 0 Å². The molecule has 0 unspecified atom stereocenters. The summed E-state index contributed by atoms with van der Waals surface area (Å²) in [4.78, 5) is 8.16. The molecule has 1 rings (SSSR count). The Balaban J connectivity index is 0.00000289. The SMILES string of the molecule is CN=C(NCc1ccc(Cl)nc1)NCC(C)C.I. The van der Waals surface area contributed by atoms with Gasteiger partial charge in [0.05, 0.1) is 0 Å². The van der Waals surface area contributed by atoms with E-state index in [2.05, 4.69) is 34.5 Å². The largest absolute Gasteiger partial charge is 0.356 e. The van der Waals surface area contributed by atoms with Crippen molar-refractivity contribution in [3.8, 4) is 0 Å². The Hall–Kier alpha value is -0.560. The molecule has 0 aromatic carbocycles. The van der Waals surface area contributed by atoms with Gasteiger partial charge in [0.25, 0.3) is 0 Å². The second-order valence-electron chi connectivity index (χ2n) is 4.19. The zero-order chi connectivity index (χ0) is 12.7. The van der Waals surface area contributed by atoms with Gasteiger partial charge in [-0.05, 0) is 17.5 Å². The maximum atomic E-state index is 5.72. The number of guanidine groups is 1. The molecule has 18 heavy (non-hydrogen) atoms. The Bertz CT molecular complexity index is 365. The highest BCUT2D eigenvalue weighted by molar-refractivity contribution is 14.0. The van der Waals surface area contributed by atoms with Crippen molar-refractivity contribution in [3.63, 3.8) is 0 Å². The molecule has 0 aliphatic carbocycles. The lowest BCUT2D eigenvalue weighted by molar-refractivity contribution is 0.614. The Labute approximate surface area is 131 Å². The molecule has 0 radical (unpaired) electrons. The van der Waals surface area contributed by atoms with Crippen molar-refractivity contribution in [3.05, 3.63) is 29.0 Å². The molecular formula is C12H20ClIN4. The fourth-order valence-corrected chi connectivity index (χ4v) is 1.33. The molecule has 0 fully saturated rings. The molecule has 0 bridgehead atoms. The summed E-state index contributed by atoms with van der Waals surface area (Å²) in [6.07, 6.45) is 1.76. The first kappa shape index (κ1) is 17.4. The van der Waals surface area contributed by atoms with Crippen LogP contribution in [0.3, 0.4) is 0 Å². The Morgan fingerprint density at radius 2 is 2.11 bits per heavy atom. The monoisotopic (exact) mass is 382 g/mol. The van der Waals surface area contributed by atoms with Gasteiger partial charge in [-0.3, -0.25) is 4.99 Å². The van der Waals surface area contributed by atoms with Crippen molar-refractivity contribution in [2.24, 2.45) is 10.9 Å². The van der Waals surface area contributed by atoms with Crippen LogP contribution in [0.1, 0.15) is 19.4 Å². The zero-order valence-corrected chi connectivity index (χ0v) is 14.0. The van der Waals surface area contributed by atoms with Crippen LogP contribution in [0, 0.1) is 5.92 Å². The first-order valence-electron chi connectivity index (χ1n) is 5.66. The van der Waals surface area contributed by atoms with E-state index in [0.717, 1.165) is 18.1 Å². The van der Waals surface area contributed by atoms with E-state index in [4.69, 9.17) is 11.6 Å². The second kappa shape index (κ2) is 9.38. The summed E-state index contributed by atoms with van der Waals surface area (Å²) in [5.74, 6) is 1.39. The molecule has 0 spiro atoms. The lowest BCUT2D eigenvalue weighted by Gasteiger charge is -2.13. The molecule has 1 aromatic rings. The van der Waals surface area contributed by atoms with E-state index in [1.807, 2.05) is 6.07 Å². The smallest absolute Gasteiger partial charge is 0.191 e. The molecule has 102 valence electrons. The summed E-state index contributed by atoms with van der Waals surface area (Å²) in [6, 6.07) is 3.72. The van der Waals surface area contributed by atoms with Crippen LogP contribution < -0.4 is 10.6 Å². The van der Waals surface area contributed by atoms with E-state index >= 15 is 0 Å². The molecule has 0 saturated heterocycles. The Morgan fingerprint density at radius 3 is 2.61 bits per heavy atom. The molecule has 0 saturated carbocycles. The van der Waals surface area contributed by atoms with E-state index in [0.29, 0.717) is 17.6 Å². The van der Waals surface area contributed by atoms with Gasteiger partial charge in [-0.15, -0.1) is 24.0 Å². The van der Waals surface area contributed by atoms with Crippen molar-refractivity contribution in [2.45, 2.75) is 20.4 Å². The minimum absolute atomic E-state index is 0. The summed E-state index contributed by atoms with van der Waals surface area (Å²) in [6.45, 7) is 5.90. The third kappa shape index (κ3) is 7.00. The number of rotatable bonds is 4. The third-order valence-electron chi connectivity index (χ3n) is 2.15. The molecule has 0 aliphatic heterocycles. The third-order valence-corrected chi connectivity index (χ3v) is 2.37. The zero-order valence-electron chi connectivity index (χ0n) is 10.9. The Morgan fingerprint density at radius 1 is 1.39 bits per heavy atom. The lowest BCUT2D eigenvalue weighted by atomic mass is 10.2. The minimum atomic E-state index is 0. The van der Waals surface area contributed by atoms with Gasteiger partial charge in [-0.2, -0.15) is 0 Å². The number of hydrogen-bond acceptors (Lipinski definition) is 2. The summed E-state index contributed by atoms with van der Waals surface area (Å²) in [5, 5.41) is 6.97. The van der Waals surface area contributed by atoms with E-state index in [1.54, 1.807) is 19.3 Å². The predicted molar refractivity (Wildman–Crippen MR) is 87.7 cm³/mol. The quantitative estimate of drug-likeness (QED) is 0.364. The van der Waals surface area contributed by atoms with Gasteiger partial charge in [-0.1, -0.05) is 31.5 Å².